The van der Waals surface area contributed by atoms with E-state index in [1.165, 1.54) is 0 Å². The van der Waals surface area contributed by atoms with Crippen LogP contribution in [0.4, 0.5) is 0 Å². The Kier molecular flexibility index (Phi) is 2.86. The molecule has 2 nitrogen and oxygen atoms in total. The standard InChI is InChI=1S/C10H13N2/c1-4-5-6-8(2)10-7-9(3)11-12-10/h2,4,7H,1,5-6H2,3H3,(H,11,12)/q-1. The Morgan fingerprint density at radius 1 is 1.83 bits per heavy atom. The van der Waals surface area contributed by atoms with Gasteiger partial charge in [0.15, 0.2) is 0 Å². The minimum Gasteiger partial charge on any atom is -0.302 e. The van der Waals surface area contributed by atoms with Gasteiger partial charge in [-0.15, -0.1) is 6.58 Å². The molecule has 1 aromatic heterocycles. The van der Waals surface area contributed by atoms with Crippen molar-refractivity contribution in [3.8, 4) is 0 Å². The van der Waals surface area contributed by atoms with Gasteiger partial charge in [0.25, 0.3) is 0 Å². The highest BCUT2D eigenvalue weighted by Crippen LogP contribution is 2.15. The fourth-order valence-electron chi connectivity index (χ4n) is 0.968. The third-order valence-electron chi connectivity index (χ3n) is 1.65. The van der Waals surface area contributed by atoms with E-state index in [1.54, 1.807) is 0 Å². The van der Waals surface area contributed by atoms with E-state index in [0.29, 0.717) is 0 Å². The van der Waals surface area contributed by atoms with Crippen LogP contribution in [-0.4, -0.2) is 10.2 Å². The van der Waals surface area contributed by atoms with E-state index in [2.05, 4.69) is 16.8 Å². The lowest BCUT2D eigenvalue weighted by Gasteiger charge is -2.07. The molecule has 0 atom stereocenters. The summed E-state index contributed by atoms with van der Waals surface area (Å²) < 4.78 is 0. The van der Waals surface area contributed by atoms with Crippen molar-refractivity contribution in [3.63, 3.8) is 0 Å². The first-order chi connectivity index (χ1) is 5.74. The van der Waals surface area contributed by atoms with Gasteiger partial charge in [0, 0.05) is 5.69 Å². The number of nitrogens with zero attached hydrogens (tertiary/aromatic N) is 1. The second-order valence-electron chi connectivity index (χ2n) is 2.79. The average Bonchev–Trinajstić information content (AvgIpc) is 2.47. The number of hydrogen-bond acceptors (Lipinski definition) is 1. The summed E-state index contributed by atoms with van der Waals surface area (Å²) in [6.07, 6.45) is 3.58. The van der Waals surface area contributed by atoms with Crippen molar-refractivity contribution >= 4 is 5.57 Å². The van der Waals surface area contributed by atoms with Crippen LogP contribution in [0.1, 0.15) is 24.2 Å². The molecule has 2 heteroatoms. The molecule has 64 valence electrons. The molecule has 0 aliphatic carbocycles. The first-order valence-corrected chi connectivity index (χ1v) is 3.98. The first kappa shape index (κ1) is 8.78. The molecule has 1 heterocycles. The molecule has 0 aliphatic heterocycles. The number of aryl methyl sites for hydroxylation is 1. The van der Waals surface area contributed by atoms with Crippen molar-refractivity contribution in [1.29, 1.82) is 0 Å². The Labute approximate surface area is 73.0 Å². The highest BCUT2D eigenvalue weighted by molar-refractivity contribution is 5.58. The lowest BCUT2D eigenvalue weighted by molar-refractivity contribution is 1.01. The summed E-state index contributed by atoms with van der Waals surface area (Å²) in [5, 5.41) is 6.90. The molecule has 0 bridgehead atoms. The zero-order valence-electron chi connectivity index (χ0n) is 7.30. The van der Waals surface area contributed by atoms with Crippen LogP contribution in [0.15, 0.2) is 18.7 Å². The molecule has 0 aliphatic rings. The Morgan fingerprint density at radius 2 is 2.58 bits per heavy atom. The van der Waals surface area contributed by atoms with Gasteiger partial charge in [-0.25, -0.2) is 5.57 Å². The summed E-state index contributed by atoms with van der Waals surface area (Å²) in [6, 6.07) is 1.94. The van der Waals surface area contributed by atoms with Crippen molar-refractivity contribution in [2.24, 2.45) is 0 Å². The smallest absolute Gasteiger partial charge is 0.0132 e. The maximum atomic E-state index is 5.78. The van der Waals surface area contributed by atoms with Crippen LogP contribution >= 0.6 is 0 Å². The molecule has 1 N–H and O–H groups in total. The molecule has 0 aromatic carbocycles. The SMILES string of the molecule is [CH-]=C(CCC=C)c1cc(C)[nH]n1. The number of rotatable bonds is 4. The summed E-state index contributed by atoms with van der Waals surface area (Å²) in [7, 11) is 0. The van der Waals surface area contributed by atoms with Gasteiger partial charge >= 0.3 is 0 Å². The zero-order valence-corrected chi connectivity index (χ0v) is 7.30. The number of H-pyrrole nitrogens is 1. The predicted molar refractivity (Wildman–Crippen MR) is 50.5 cm³/mol. The lowest BCUT2D eigenvalue weighted by atomic mass is 10.1. The van der Waals surface area contributed by atoms with Crippen LogP contribution in [0.3, 0.4) is 0 Å². The third kappa shape index (κ3) is 2.09. The van der Waals surface area contributed by atoms with Crippen molar-refractivity contribution in [1.82, 2.24) is 10.2 Å². The molecule has 12 heavy (non-hydrogen) atoms. The molecular formula is C10H13N2-. The van der Waals surface area contributed by atoms with E-state index in [9.17, 15) is 0 Å². The molecule has 0 saturated heterocycles. The number of hydrogen-bond donors (Lipinski definition) is 1. The zero-order chi connectivity index (χ0) is 8.97. The molecule has 1 aromatic rings. The van der Waals surface area contributed by atoms with Crippen LogP contribution in [0, 0.1) is 13.5 Å². The summed E-state index contributed by atoms with van der Waals surface area (Å²) in [5.41, 5.74) is 2.71. The average molecular weight is 161 g/mol. The van der Waals surface area contributed by atoms with Crippen LogP contribution in [0.5, 0.6) is 0 Å². The van der Waals surface area contributed by atoms with Gasteiger partial charge in [-0.05, 0) is 13.3 Å². The fourth-order valence-corrected chi connectivity index (χ4v) is 0.968. The van der Waals surface area contributed by atoms with E-state index in [4.69, 9.17) is 6.58 Å². The van der Waals surface area contributed by atoms with Gasteiger partial charge in [0.1, 0.15) is 0 Å². The minimum atomic E-state index is 0.819. The molecule has 0 unspecified atom stereocenters. The van der Waals surface area contributed by atoms with Gasteiger partial charge in [0.05, 0.1) is 0 Å². The summed E-state index contributed by atoms with van der Waals surface area (Å²) >= 11 is 0. The number of nitrogens with one attached hydrogen (secondary N) is 1. The van der Waals surface area contributed by atoms with Crippen LogP contribution in [0.25, 0.3) is 5.57 Å². The normalized spacial score (nSPS) is 9.75. The van der Waals surface area contributed by atoms with Crippen molar-refractivity contribution in [2.75, 3.05) is 0 Å². The highest BCUT2D eigenvalue weighted by Gasteiger charge is 1.91. The monoisotopic (exact) mass is 161 g/mol. The lowest BCUT2D eigenvalue weighted by Crippen LogP contribution is -1.82. The largest absolute Gasteiger partial charge is 0.302 e. The Hall–Kier alpha value is -1.31. The fraction of sp³-hybridized carbons (Fsp3) is 0.300. The van der Waals surface area contributed by atoms with E-state index >= 15 is 0 Å². The molecule has 0 fully saturated rings. The van der Waals surface area contributed by atoms with Crippen molar-refractivity contribution in [2.45, 2.75) is 19.8 Å². The Balaban J connectivity index is 2.59. The van der Waals surface area contributed by atoms with E-state index in [0.717, 1.165) is 29.8 Å². The van der Waals surface area contributed by atoms with Crippen LogP contribution < -0.4 is 0 Å². The number of allylic oxidation sites excluding steroid dienone is 2. The first-order valence-electron chi connectivity index (χ1n) is 3.98. The van der Waals surface area contributed by atoms with Gasteiger partial charge < -0.3 is 5.10 Å². The highest BCUT2D eigenvalue weighted by atomic mass is 15.1. The summed E-state index contributed by atoms with van der Waals surface area (Å²) in [5.74, 6) is 0. The van der Waals surface area contributed by atoms with Gasteiger partial charge in [0.2, 0.25) is 0 Å². The maximum Gasteiger partial charge on any atom is 0.0132 e. The Morgan fingerprint density at radius 3 is 3.08 bits per heavy atom. The molecular weight excluding hydrogens is 148 g/mol. The molecule has 0 radical (unpaired) electrons. The topological polar surface area (TPSA) is 28.7 Å². The minimum absolute atomic E-state index is 0.819. The number of aromatic nitrogens is 2. The predicted octanol–water partition coefficient (Wildman–Crippen LogP) is 2.50. The van der Waals surface area contributed by atoms with Crippen LogP contribution in [-0.2, 0) is 0 Å². The van der Waals surface area contributed by atoms with E-state index in [1.807, 2.05) is 19.1 Å². The third-order valence-corrected chi connectivity index (χ3v) is 1.65. The summed E-state index contributed by atoms with van der Waals surface area (Å²) in [6.45, 7) is 11.4. The quantitative estimate of drug-likeness (QED) is 0.533. The molecule has 0 saturated carbocycles. The van der Waals surface area contributed by atoms with Gasteiger partial charge in [-0.2, -0.15) is 0 Å². The maximum absolute atomic E-state index is 5.78. The second kappa shape index (κ2) is 3.90. The van der Waals surface area contributed by atoms with Gasteiger partial charge in [-0.3, -0.25) is 11.7 Å². The molecule has 0 spiro atoms. The molecule has 1 rings (SSSR count). The second-order valence-corrected chi connectivity index (χ2v) is 2.79. The summed E-state index contributed by atoms with van der Waals surface area (Å²) in [4.78, 5) is 0. The Bertz CT molecular complexity index is 284. The number of aromatic amines is 1. The van der Waals surface area contributed by atoms with E-state index in [-0.39, 0.29) is 0 Å². The van der Waals surface area contributed by atoms with Crippen molar-refractivity contribution < 1.29 is 0 Å². The van der Waals surface area contributed by atoms with Gasteiger partial charge in [-0.1, -0.05) is 24.3 Å². The molecule has 0 amide bonds. The van der Waals surface area contributed by atoms with E-state index < -0.39 is 0 Å². The van der Waals surface area contributed by atoms with Crippen molar-refractivity contribution in [3.05, 3.63) is 36.7 Å². The van der Waals surface area contributed by atoms with Crippen LogP contribution in [0.2, 0.25) is 0 Å².